The van der Waals surface area contributed by atoms with Crippen molar-refractivity contribution >= 4 is 33.7 Å². The first kappa shape index (κ1) is 14.8. The molecular formula is C13H9BrN4O3. The Morgan fingerprint density at radius 3 is 2.86 bits per heavy atom. The third-order valence-electron chi connectivity index (χ3n) is 2.47. The molecular weight excluding hydrogens is 340 g/mol. The first-order valence-electron chi connectivity index (χ1n) is 5.75. The Labute approximate surface area is 128 Å². The second-order valence-electron chi connectivity index (χ2n) is 3.91. The van der Waals surface area contributed by atoms with Crippen LogP contribution in [0.3, 0.4) is 0 Å². The third-order valence-corrected chi connectivity index (χ3v) is 2.90. The molecule has 0 bridgehead atoms. The highest BCUT2D eigenvalue weighted by molar-refractivity contribution is 9.10. The van der Waals surface area contributed by atoms with E-state index in [9.17, 15) is 14.9 Å². The van der Waals surface area contributed by atoms with Crippen molar-refractivity contribution in [3.05, 3.63) is 68.4 Å². The van der Waals surface area contributed by atoms with Crippen LogP contribution in [0.4, 0.5) is 5.69 Å². The fourth-order valence-corrected chi connectivity index (χ4v) is 1.89. The van der Waals surface area contributed by atoms with Crippen molar-refractivity contribution in [3.8, 4) is 0 Å². The normalized spacial score (nSPS) is 10.5. The first-order valence-corrected chi connectivity index (χ1v) is 6.54. The van der Waals surface area contributed by atoms with Crippen LogP contribution in [-0.4, -0.2) is 22.0 Å². The molecule has 1 amide bonds. The summed E-state index contributed by atoms with van der Waals surface area (Å²) in [6.07, 6.45) is 4.16. The molecule has 1 N–H and O–H groups in total. The third kappa shape index (κ3) is 3.93. The molecule has 0 spiro atoms. The van der Waals surface area contributed by atoms with Crippen molar-refractivity contribution in [2.75, 3.05) is 0 Å². The number of nitro benzene ring substituents is 1. The number of pyridine rings is 1. The minimum absolute atomic E-state index is 0.0837. The quantitative estimate of drug-likeness (QED) is 0.521. The lowest BCUT2D eigenvalue weighted by Crippen LogP contribution is -2.17. The van der Waals surface area contributed by atoms with Crippen LogP contribution in [0.25, 0.3) is 0 Å². The lowest BCUT2D eigenvalue weighted by atomic mass is 10.2. The zero-order valence-corrected chi connectivity index (χ0v) is 12.1. The molecule has 0 saturated heterocycles. The number of nitrogens with one attached hydrogen (secondary N) is 1. The highest BCUT2D eigenvalue weighted by Gasteiger charge is 2.10. The predicted molar refractivity (Wildman–Crippen MR) is 80.1 cm³/mol. The molecule has 1 aromatic heterocycles. The van der Waals surface area contributed by atoms with Crippen molar-refractivity contribution in [1.29, 1.82) is 0 Å². The number of carbonyl (C=O) groups excluding carboxylic acids is 1. The number of carbonyl (C=O) groups is 1. The van der Waals surface area contributed by atoms with Crippen LogP contribution >= 0.6 is 15.9 Å². The zero-order chi connectivity index (χ0) is 15.2. The minimum Gasteiger partial charge on any atom is -0.267 e. The number of hydrogen-bond donors (Lipinski definition) is 1. The number of nitrogens with zero attached hydrogens (tertiary/aromatic N) is 3. The number of nitro groups is 1. The second-order valence-corrected chi connectivity index (χ2v) is 4.82. The van der Waals surface area contributed by atoms with Gasteiger partial charge in [-0.25, -0.2) is 5.43 Å². The first-order chi connectivity index (χ1) is 10.1. The number of aromatic nitrogens is 1. The monoisotopic (exact) mass is 348 g/mol. The number of halogens is 1. The largest absolute Gasteiger partial charge is 0.278 e. The van der Waals surface area contributed by atoms with Crippen molar-refractivity contribution < 1.29 is 9.72 Å². The number of benzene rings is 1. The van der Waals surface area contributed by atoms with Gasteiger partial charge in [0.25, 0.3) is 11.6 Å². The Morgan fingerprint density at radius 2 is 2.14 bits per heavy atom. The van der Waals surface area contributed by atoms with Gasteiger partial charge in [0.15, 0.2) is 0 Å². The summed E-state index contributed by atoms with van der Waals surface area (Å²) in [4.78, 5) is 26.0. The Balaban J connectivity index is 2.09. The lowest BCUT2D eigenvalue weighted by molar-refractivity contribution is -0.385. The average Bonchev–Trinajstić information content (AvgIpc) is 2.47. The maximum atomic E-state index is 11.8. The average molecular weight is 349 g/mol. The molecule has 1 heterocycles. The minimum atomic E-state index is -0.512. The molecule has 8 heteroatoms. The summed E-state index contributed by atoms with van der Waals surface area (Å²) in [5.41, 5.74) is 2.83. The van der Waals surface area contributed by atoms with Gasteiger partial charge in [-0.1, -0.05) is 12.1 Å². The topological polar surface area (TPSA) is 97.5 Å². The highest BCUT2D eigenvalue weighted by Crippen LogP contribution is 2.15. The smallest absolute Gasteiger partial charge is 0.267 e. The Hall–Kier alpha value is -2.61. The maximum absolute atomic E-state index is 11.8. The van der Waals surface area contributed by atoms with Gasteiger partial charge < -0.3 is 0 Å². The van der Waals surface area contributed by atoms with Crippen molar-refractivity contribution in [2.24, 2.45) is 5.10 Å². The van der Waals surface area contributed by atoms with E-state index in [0.717, 1.165) is 0 Å². The van der Waals surface area contributed by atoms with Gasteiger partial charge in [-0.2, -0.15) is 5.10 Å². The number of para-hydroxylation sites is 1. The Morgan fingerprint density at radius 1 is 1.38 bits per heavy atom. The van der Waals surface area contributed by atoms with Gasteiger partial charge in [-0.15, -0.1) is 0 Å². The van der Waals surface area contributed by atoms with Gasteiger partial charge in [-0.3, -0.25) is 19.9 Å². The molecule has 0 aliphatic heterocycles. The van der Waals surface area contributed by atoms with Crippen LogP contribution in [0.1, 0.15) is 15.9 Å². The summed E-state index contributed by atoms with van der Waals surface area (Å²) in [6, 6.07) is 7.69. The van der Waals surface area contributed by atoms with Crippen LogP contribution in [0, 0.1) is 10.1 Å². The molecule has 0 aliphatic carbocycles. The van der Waals surface area contributed by atoms with Crippen LogP contribution in [0.15, 0.2) is 52.3 Å². The SMILES string of the molecule is O=C(N/N=C/c1ccccc1[N+](=O)[O-])c1cncc(Br)c1. The predicted octanol–water partition coefficient (Wildman–Crippen LogP) is 2.52. The lowest BCUT2D eigenvalue weighted by Gasteiger charge is -2.00. The number of amides is 1. The summed E-state index contributed by atoms with van der Waals surface area (Å²) in [6.45, 7) is 0. The van der Waals surface area contributed by atoms with Gasteiger partial charge in [0.05, 0.1) is 22.3 Å². The molecule has 21 heavy (non-hydrogen) atoms. The van der Waals surface area contributed by atoms with Gasteiger partial charge >= 0.3 is 0 Å². The molecule has 0 fully saturated rings. The van der Waals surface area contributed by atoms with Gasteiger partial charge in [0.2, 0.25) is 0 Å². The van der Waals surface area contributed by atoms with Crippen LogP contribution in [0.2, 0.25) is 0 Å². The summed E-state index contributed by atoms with van der Waals surface area (Å²) >= 11 is 3.20. The van der Waals surface area contributed by atoms with E-state index < -0.39 is 10.8 Å². The summed E-state index contributed by atoms with van der Waals surface area (Å²) in [5, 5.41) is 14.5. The molecule has 7 nitrogen and oxygen atoms in total. The van der Waals surface area contributed by atoms with E-state index in [1.54, 1.807) is 24.4 Å². The van der Waals surface area contributed by atoms with Crippen molar-refractivity contribution in [2.45, 2.75) is 0 Å². The number of hydrogen-bond acceptors (Lipinski definition) is 5. The van der Waals surface area contributed by atoms with Crippen molar-refractivity contribution in [1.82, 2.24) is 10.4 Å². The summed E-state index contributed by atoms with van der Waals surface area (Å²) in [5.74, 6) is -0.460. The molecule has 1 aromatic carbocycles. The van der Waals surface area contributed by atoms with Crippen LogP contribution in [-0.2, 0) is 0 Å². The molecule has 0 aliphatic rings. The number of rotatable bonds is 4. The van der Waals surface area contributed by atoms with Crippen LogP contribution < -0.4 is 5.43 Å². The van der Waals surface area contributed by atoms with E-state index in [4.69, 9.17) is 0 Å². The Bertz CT molecular complexity index is 718. The van der Waals surface area contributed by atoms with E-state index in [-0.39, 0.29) is 5.69 Å². The second kappa shape index (κ2) is 6.71. The molecule has 0 atom stereocenters. The molecule has 0 saturated carbocycles. The maximum Gasteiger partial charge on any atom is 0.278 e. The Kier molecular flexibility index (Phi) is 4.72. The van der Waals surface area contributed by atoms with E-state index >= 15 is 0 Å². The van der Waals surface area contributed by atoms with Gasteiger partial charge in [0.1, 0.15) is 0 Å². The van der Waals surface area contributed by atoms with Crippen molar-refractivity contribution in [3.63, 3.8) is 0 Å². The van der Waals surface area contributed by atoms with Gasteiger partial charge in [0, 0.05) is 22.9 Å². The molecule has 0 unspecified atom stereocenters. The van der Waals surface area contributed by atoms with E-state index in [0.29, 0.717) is 15.6 Å². The summed E-state index contributed by atoms with van der Waals surface area (Å²) in [7, 11) is 0. The van der Waals surface area contributed by atoms with E-state index in [2.05, 4.69) is 31.4 Å². The fourth-order valence-electron chi connectivity index (χ4n) is 1.52. The molecule has 0 radical (unpaired) electrons. The van der Waals surface area contributed by atoms with Crippen LogP contribution in [0.5, 0.6) is 0 Å². The molecule has 106 valence electrons. The number of hydrazone groups is 1. The standard InChI is InChI=1S/C13H9BrN4O3/c14-11-5-10(6-15-8-11)13(19)17-16-7-9-3-1-2-4-12(9)18(20)21/h1-8H,(H,17,19)/b16-7+. The van der Waals surface area contributed by atoms with E-state index in [1.165, 1.54) is 24.5 Å². The highest BCUT2D eigenvalue weighted by atomic mass is 79.9. The van der Waals surface area contributed by atoms with Gasteiger partial charge in [-0.05, 0) is 28.1 Å². The molecule has 2 rings (SSSR count). The zero-order valence-electron chi connectivity index (χ0n) is 10.6. The summed E-state index contributed by atoms with van der Waals surface area (Å²) < 4.78 is 0.665. The van der Waals surface area contributed by atoms with E-state index in [1.807, 2.05) is 0 Å². The molecule has 2 aromatic rings. The fraction of sp³-hybridized carbons (Fsp3) is 0.